The van der Waals surface area contributed by atoms with Crippen LogP contribution in [0.5, 0.6) is 0 Å². The van der Waals surface area contributed by atoms with Crippen molar-refractivity contribution >= 4 is 40.7 Å². The third-order valence-electron chi connectivity index (χ3n) is 3.77. The molecule has 7 heteroatoms. The lowest BCUT2D eigenvalue weighted by Crippen LogP contribution is -2.04. The molecule has 0 unspecified atom stereocenters. The molecule has 0 fully saturated rings. The van der Waals surface area contributed by atoms with Crippen LogP contribution in [0, 0.1) is 6.92 Å². The Morgan fingerprint density at radius 2 is 1.89 bits per heavy atom. The predicted molar refractivity (Wildman–Crippen MR) is 107 cm³/mol. The molecule has 138 valence electrons. The molecule has 1 aromatic heterocycles. The van der Waals surface area contributed by atoms with Crippen molar-refractivity contribution in [2.75, 3.05) is 17.2 Å². The molecule has 27 heavy (non-hydrogen) atoms. The molecule has 0 saturated carbocycles. The molecular weight excluding hydrogens is 364 g/mol. The van der Waals surface area contributed by atoms with E-state index in [0.29, 0.717) is 29.0 Å². The van der Waals surface area contributed by atoms with Crippen molar-refractivity contribution < 1.29 is 9.53 Å². The number of carbonyl (C=O) groups excluding carboxylic acids is 1. The molecule has 1 heterocycles. The number of carbonyl (C=O) groups is 1. The molecule has 0 bridgehead atoms. The zero-order valence-electron chi connectivity index (χ0n) is 15.0. The minimum Gasteiger partial charge on any atom is -0.462 e. The highest BCUT2D eigenvalue weighted by Crippen LogP contribution is 2.23. The van der Waals surface area contributed by atoms with Crippen LogP contribution in [-0.4, -0.2) is 22.5 Å². The van der Waals surface area contributed by atoms with E-state index in [1.165, 1.54) is 0 Å². The molecule has 0 saturated heterocycles. The van der Waals surface area contributed by atoms with Crippen LogP contribution >= 0.6 is 11.6 Å². The van der Waals surface area contributed by atoms with Crippen LogP contribution in [0.15, 0.2) is 54.7 Å². The van der Waals surface area contributed by atoms with Gasteiger partial charge in [-0.3, -0.25) is 0 Å². The van der Waals surface area contributed by atoms with E-state index in [0.717, 1.165) is 16.9 Å². The van der Waals surface area contributed by atoms with Crippen LogP contribution in [0.25, 0.3) is 0 Å². The second-order valence-corrected chi connectivity index (χ2v) is 6.21. The van der Waals surface area contributed by atoms with Crippen LogP contribution in [0.1, 0.15) is 22.8 Å². The summed E-state index contributed by atoms with van der Waals surface area (Å²) in [5.74, 6) is 0.735. The van der Waals surface area contributed by atoms with E-state index in [9.17, 15) is 4.79 Å². The summed E-state index contributed by atoms with van der Waals surface area (Å²) < 4.78 is 4.98. The maximum atomic E-state index is 11.7. The number of aryl methyl sites for hydroxylation is 1. The van der Waals surface area contributed by atoms with Gasteiger partial charge in [-0.05, 0) is 61.9 Å². The molecule has 2 aromatic carbocycles. The molecular formula is C20H19ClN4O2. The van der Waals surface area contributed by atoms with Crippen molar-refractivity contribution in [1.82, 2.24) is 9.97 Å². The van der Waals surface area contributed by atoms with E-state index in [-0.39, 0.29) is 5.97 Å². The standard InChI is InChI=1S/C20H19ClN4O2/c1-3-27-19(26)14-5-8-16(9-6-14)23-18-10-11-22-20(25-18)24-17-12-15(21)7-4-13(17)2/h4-12H,3H2,1-2H3,(H2,22,23,24,25). The Morgan fingerprint density at radius 3 is 2.63 bits per heavy atom. The molecule has 3 rings (SSSR count). The average molecular weight is 383 g/mol. The first kappa shape index (κ1) is 18.7. The summed E-state index contributed by atoms with van der Waals surface area (Å²) >= 11 is 6.05. The number of anilines is 4. The first-order valence-corrected chi connectivity index (χ1v) is 8.83. The largest absolute Gasteiger partial charge is 0.462 e. The molecule has 0 atom stereocenters. The quantitative estimate of drug-likeness (QED) is 0.577. The van der Waals surface area contributed by atoms with Gasteiger partial charge in [-0.25, -0.2) is 9.78 Å². The maximum Gasteiger partial charge on any atom is 0.338 e. The minimum absolute atomic E-state index is 0.338. The van der Waals surface area contributed by atoms with Gasteiger partial charge in [0.05, 0.1) is 12.2 Å². The number of benzene rings is 2. The second kappa shape index (κ2) is 8.51. The van der Waals surface area contributed by atoms with Gasteiger partial charge in [0, 0.05) is 22.6 Å². The number of hydrogen-bond donors (Lipinski definition) is 2. The zero-order chi connectivity index (χ0) is 19.2. The van der Waals surface area contributed by atoms with Gasteiger partial charge < -0.3 is 15.4 Å². The van der Waals surface area contributed by atoms with Gasteiger partial charge >= 0.3 is 5.97 Å². The monoisotopic (exact) mass is 382 g/mol. The average Bonchev–Trinajstić information content (AvgIpc) is 2.66. The van der Waals surface area contributed by atoms with E-state index >= 15 is 0 Å². The first-order valence-electron chi connectivity index (χ1n) is 8.45. The smallest absolute Gasteiger partial charge is 0.338 e. The normalized spacial score (nSPS) is 10.3. The third-order valence-corrected chi connectivity index (χ3v) is 4.01. The van der Waals surface area contributed by atoms with Gasteiger partial charge in [0.25, 0.3) is 0 Å². The van der Waals surface area contributed by atoms with E-state index in [4.69, 9.17) is 16.3 Å². The molecule has 3 aromatic rings. The van der Waals surface area contributed by atoms with Crippen LogP contribution in [0.2, 0.25) is 5.02 Å². The fourth-order valence-electron chi connectivity index (χ4n) is 2.39. The summed E-state index contributed by atoms with van der Waals surface area (Å²) in [5, 5.41) is 6.99. The van der Waals surface area contributed by atoms with Gasteiger partial charge in [-0.2, -0.15) is 4.98 Å². The van der Waals surface area contributed by atoms with Gasteiger partial charge in [0.2, 0.25) is 5.95 Å². The summed E-state index contributed by atoms with van der Waals surface area (Å²) in [6.45, 7) is 4.10. The fraction of sp³-hybridized carbons (Fsp3) is 0.150. The number of rotatable bonds is 6. The predicted octanol–water partition coefficient (Wildman–Crippen LogP) is 5.10. The van der Waals surface area contributed by atoms with Gasteiger partial charge in [0.15, 0.2) is 0 Å². The number of halogens is 1. The highest BCUT2D eigenvalue weighted by atomic mass is 35.5. The number of esters is 1. The van der Waals surface area contributed by atoms with E-state index in [1.54, 1.807) is 43.5 Å². The highest BCUT2D eigenvalue weighted by molar-refractivity contribution is 6.30. The van der Waals surface area contributed by atoms with E-state index in [1.807, 2.05) is 25.1 Å². The molecule has 0 aliphatic carbocycles. The Kier molecular flexibility index (Phi) is 5.88. The molecule has 6 nitrogen and oxygen atoms in total. The SMILES string of the molecule is CCOC(=O)c1ccc(Nc2ccnc(Nc3cc(Cl)ccc3C)n2)cc1. The summed E-state index contributed by atoms with van der Waals surface area (Å²) in [7, 11) is 0. The van der Waals surface area contributed by atoms with Crippen LogP contribution in [0.4, 0.5) is 23.1 Å². The molecule has 0 aliphatic rings. The van der Waals surface area contributed by atoms with Crippen molar-refractivity contribution in [3.05, 3.63) is 70.9 Å². The number of aromatic nitrogens is 2. The summed E-state index contributed by atoms with van der Waals surface area (Å²) in [4.78, 5) is 20.4. The van der Waals surface area contributed by atoms with Crippen molar-refractivity contribution in [3.63, 3.8) is 0 Å². The molecule has 0 amide bonds. The first-order chi connectivity index (χ1) is 13.0. The highest BCUT2D eigenvalue weighted by Gasteiger charge is 2.07. The summed E-state index contributed by atoms with van der Waals surface area (Å²) in [5.41, 5.74) is 3.19. The van der Waals surface area contributed by atoms with Crippen molar-refractivity contribution in [1.29, 1.82) is 0 Å². The Balaban J connectivity index is 1.72. The van der Waals surface area contributed by atoms with Crippen molar-refractivity contribution in [2.45, 2.75) is 13.8 Å². The molecule has 0 aliphatic heterocycles. The zero-order valence-corrected chi connectivity index (χ0v) is 15.7. The Hall–Kier alpha value is -3.12. The summed E-state index contributed by atoms with van der Waals surface area (Å²) in [6, 6.07) is 14.3. The van der Waals surface area contributed by atoms with E-state index < -0.39 is 0 Å². The van der Waals surface area contributed by atoms with Crippen molar-refractivity contribution in [2.24, 2.45) is 0 Å². The number of nitrogens with zero attached hydrogens (tertiary/aromatic N) is 2. The third kappa shape index (κ3) is 4.95. The molecule has 0 spiro atoms. The lowest BCUT2D eigenvalue weighted by Gasteiger charge is -2.11. The topological polar surface area (TPSA) is 76.1 Å². The minimum atomic E-state index is -0.338. The molecule has 2 N–H and O–H groups in total. The number of ether oxygens (including phenoxy) is 1. The number of hydrogen-bond acceptors (Lipinski definition) is 6. The van der Waals surface area contributed by atoms with Crippen LogP contribution in [-0.2, 0) is 4.74 Å². The number of nitrogens with one attached hydrogen (secondary N) is 2. The lowest BCUT2D eigenvalue weighted by atomic mass is 10.2. The Bertz CT molecular complexity index is 945. The van der Waals surface area contributed by atoms with Crippen LogP contribution < -0.4 is 10.6 Å². The summed E-state index contributed by atoms with van der Waals surface area (Å²) in [6.07, 6.45) is 1.66. The van der Waals surface area contributed by atoms with Gasteiger partial charge in [0.1, 0.15) is 5.82 Å². The van der Waals surface area contributed by atoms with Crippen LogP contribution in [0.3, 0.4) is 0 Å². The lowest BCUT2D eigenvalue weighted by molar-refractivity contribution is 0.0526. The van der Waals surface area contributed by atoms with Crippen molar-refractivity contribution in [3.8, 4) is 0 Å². The Labute approximate surface area is 162 Å². The second-order valence-electron chi connectivity index (χ2n) is 5.77. The fourth-order valence-corrected chi connectivity index (χ4v) is 2.56. The maximum absolute atomic E-state index is 11.7. The van der Waals surface area contributed by atoms with Gasteiger partial charge in [-0.1, -0.05) is 17.7 Å². The van der Waals surface area contributed by atoms with Gasteiger partial charge in [-0.15, -0.1) is 0 Å². The molecule has 0 radical (unpaired) electrons. The Morgan fingerprint density at radius 1 is 1.11 bits per heavy atom. The van der Waals surface area contributed by atoms with E-state index in [2.05, 4.69) is 20.6 Å².